The molecule has 0 spiro atoms. The van der Waals surface area contributed by atoms with Gasteiger partial charge in [-0.2, -0.15) is 18.2 Å². The zero-order valence-corrected chi connectivity index (χ0v) is 21.2. The van der Waals surface area contributed by atoms with Crippen molar-refractivity contribution in [2.24, 2.45) is 5.16 Å². The third-order valence-corrected chi connectivity index (χ3v) is 8.16. The fourth-order valence-electron chi connectivity index (χ4n) is 3.51. The molecule has 3 atom stereocenters. The summed E-state index contributed by atoms with van der Waals surface area (Å²) in [6, 6.07) is -1.06. The highest BCUT2D eigenvalue weighted by molar-refractivity contribution is 8.01. The van der Waals surface area contributed by atoms with E-state index in [-0.39, 0.29) is 33.1 Å². The number of rotatable bonds is 8. The van der Waals surface area contributed by atoms with Gasteiger partial charge in [-0.25, -0.2) is 9.78 Å². The second-order valence-electron chi connectivity index (χ2n) is 7.46. The molecule has 0 saturated carbocycles. The number of alkyl halides is 3. The number of H-pyrrole nitrogens is 1. The van der Waals surface area contributed by atoms with Gasteiger partial charge in [0.1, 0.15) is 29.9 Å². The summed E-state index contributed by atoms with van der Waals surface area (Å²) in [4.78, 5) is 51.0. The number of nitrogens with two attached hydrogens (primary N) is 1. The number of amides is 2. The van der Waals surface area contributed by atoms with Gasteiger partial charge >= 0.3 is 12.1 Å². The van der Waals surface area contributed by atoms with Crippen LogP contribution in [0.4, 0.5) is 18.3 Å². The summed E-state index contributed by atoms with van der Waals surface area (Å²) in [5.74, 6) is -3.98. The number of aliphatic carboxylic acids is 1. The molecule has 4 rings (SSSR count). The maximum Gasteiger partial charge on any atom is 0.451 e. The lowest BCUT2D eigenvalue weighted by Gasteiger charge is -2.49. The van der Waals surface area contributed by atoms with Crippen molar-refractivity contribution in [2.45, 2.75) is 34.9 Å². The van der Waals surface area contributed by atoms with Gasteiger partial charge in [-0.15, -0.1) is 28.2 Å². The number of nitrogens with zero attached hydrogens (tertiary/aromatic N) is 5. The van der Waals surface area contributed by atoms with E-state index in [0.29, 0.717) is 5.57 Å². The van der Waals surface area contributed by atoms with Crippen LogP contribution in [0.1, 0.15) is 18.4 Å². The molecule has 0 aliphatic carbocycles. The Hall–Kier alpha value is -3.32. The van der Waals surface area contributed by atoms with Crippen LogP contribution in [0, 0.1) is 0 Å². The van der Waals surface area contributed by atoms with Crippen LogP contribution in [-0.2, 0) is 25.4 Å². The minimum Gasteiger partial charge on any atom is -0.477 e. The predicted octanol–water partition coefficient (Wildman–Crippen LogP) is 1.13. The van der Waals surface area contributed by atoms with Gasteiger partial charge in [0.05, 0.1) is 0 Å². The Morgan fingerprint density at radius 3 is 2.73 bits per heavy atom. The van der Waals surface area contributed by atoms with Crippen LogP contribution in [0.2, 0.25) is 0 Å². The standard InChI is InChI=1S/C18H17F3N8O5S3/c1-5(37-17-25-15(26-27-17)18(19,20)21)6-3-35-13-9(12(31)29(13)10(6)14(32)33)24-11(30)8(28-34-2)7-4-36-16(22)23-7/h4-5,9,13H,3H2,1-2H3,(H2,22,23)(H,24,30)(H,32,33)(H,25,26,27)/t5?,9-,13+/m1/s1. The van der Waals surface area contributed by atoms with Crippen molar-refractivity contribution in [3.8, 4) is 0 Å². The molecule has 5 N–H and O–H groups in total. The van der Waals surface area contributed by atoms with Gasteiger partial charge in [0.15, 0.2) is 10.8 Å². The first-order chi connectivity index (χ1) is 17.4. The highest BCUT2D eigenvalue weighted by Crippen LogP contribution is 2.43. The zero-order chi connectivity index (χ0) is 27.1. The first-order valence-electron chi connectivity index (χ1n) is 10.1. The lowest BCUT2D eigenvalue weighted by atomic mass is 10.0. The van der Waals surface area contributed by atoms with E-state index in [1.54, 1.807) is 12.0 Å². The first-order valence-corrected chi connectivity index (χ1v) is 12.9. The Kier molecular flexibility index (Phi) is 7.38. The van der Waals surface area contributed by atoms with E-state index in [9.17, 15) is 32.7 Å². The molecule has 19 heteroatoms. The number of carbonyl (C=O) groups is 3. The molecular weight excluding hydrogens is 561 g/mol. The SMILES string of the molecule is CON=C(C(=O)N[C@@H]1C(=O)N2C(C(=O)O)=C(C(C)Sc3n[nH]c(C(F)(F)F)n3)CS[C@@H]12)c1csc(N)n1. The number of thioether (sulfide) groups is 2. The molecule has 2 aromatic rings. The summed E-state index contributed by atoms with van der Waals surface area (Å²) in [6.07, 6.45) is -4.71. The number of aromatic amines is 1. The Balaban J connectivity index is 1.51. The summed E-state index contributed by atoms with van der Waals surface area (Å²) in [6.45, 7) is 1.57. The highest BCUT2D eigenvalue weighted by Gasteiger charge is 2.55. The summed E-state index contributed by atoms with van der Waals surface area (Å²) >= 11 is 3.08. The van der Waals surface area contributed by atoms with E-state index >= 15 is 0 Å². The minimum atomic E-state index is -4.71. The molecular formula is C18H17F3N8O5S3. The van der Waals surface area contributed by atoms with Gasteiger partial charge < -0.3 is 21.0 Å². The number of hydrogen-bond acceptors (Lipinski definition) is 12. The molecule has 4 heterocycles. The lowest BCUT2D eigenvalue weighted by molar-refractivity contribution is -0.150. The fraction of sp³-hybridized carbons (Fsp3) is 0.389. The van der Waals surface area contributed by atoms with Crippen molar-refractivity contribution >= 4 is 63.5 Å². The largest absolute Gasteiger partial charge is 0.477 e. The molecule has 198 valence electrons. The van der Waals surface area contributed by atoms with Crippen LogP contribution in [0.15, 0.2) is 27.0 Å². The van der Waals surface area contributed by atoms with Crippen molar-refractivity contribution in [1.29, 1.82) is 0 Å². The number of carboxylic acid groups (broad SMARTS) is 1. The topological polar surface area (TPSA) is 189 Å². The smallest absolute Gasteiger partial charge is 0.451 e. The fourth-order valence-corrected chi connectivity index (χ4v) is 6.53. The van der Waals surface area contributed by atoms with Gasteiger partial charge in [0.2, 0.25) is 11.0 Å². The Morgan fingerprint density at radius 1 is 1.43 bits per heavy atom. The maximum atomic E-state index is 12.9. The van der Waals surface area contributed by atoms with Crippen molar-refractivity contribution in [2.75, 3.05) is 18.6 Å². The van der Waals surface area contributed by atoms with Crippen LogP contribution in [0.3, 0.4) is 0 Å². The lowest BCUT2D eigenvalue weighted by Crippen LogP contribution is -2.71. The molecule has 2 aromatic heterocycles. The average Bonchev–Trinajstić information content (AvgIpc) is 3.48. The maximum absolute atomic E-state index is 12.9. The number of oxime groups is 1. The first kappa shape index (κ1) is 26.7. The van der Waals surface area contributed by atoms with Gasteiger partial charge in [0, 0.05) is 16.4 Å². The highest BCUT2D eigenvalue weighted by atomic mass is 32.2. The van der Waals surface area contributed by atoms with Crippen LogP contribution in [0.25, 0.3) is 0 Å². The van der Waals surface area contributed by atoms with Crippen LogP contribution < -0.4 is 11.1 Å². The summed E-state index contributed by atoms with van der Waals surface area (Å²) in [7, 11) is 1.23. The minimum absolute atomic E-state index is 0.134. The monoisotopic (exact) mass is 578 g/mol. The van der Waals surface area contributed by atoms with Crippen molar-refractivity contribution in [3.63, 3.8) is 0 Å². The number of carbonyl (C=O) groups excluding carboxylic acids is 2. The Morgan fingerprint density at radius 2 is 2.16 bits per heavy atom. The number of nitrogen functional groups attached to an aromatic ring is 1. The molecule has 0 bridgehead atoms. The number of carboxylic acids is 1. The van der Waals surface area contributed by atoms with Crippen LogP contribution in [-0.4, -0.2) is 83.2 Å². The number of thiazole rings is 1. The molecule has 2 aliphatic heterocycles. The number of nitrogens with one attached hydrogen (secondary N) is 2. The number of β-lactam (4-membered cyclic amide) rings is 1. The number of aromatic nitrogens is 4. The Bertz CT molecular complexity index is 1310. The van der Waals surface area contributed by atoms with Gasteiger partial charge in [-0.3, -0.25) is 19.6 Å². The van der Waals surface area contributed by atoms with Crippen LogP contribution in [0.5, 0.6) is 0 Å². The van der Waals surface area contributed by atoms with E-state index < -0.39 is 46.5 Å². The number of anilines is 1. The van der Waals surface area contributed by atoms with Crippen molar-refractivity contribution in [1.82, 2.24) is 30.4 Å². The molecule has 1 saturated heterocycles. The molecule has 2 aliphatic rings. The van der Waals surface area contributed by atoms with Gasteiger partial charge in [0.25, 0.3) is 11.8 Å². The van der Waals surface area contributed by atoms with Crippen molar-refractivity contribution < 1.29 is 37.5 Å². The van der Waals surface area contributed by atoms with Gasteiger partial charge in [-0.05, 0) is 12.5 Å². The second-order valence-corrected chi connectivity index (χ2v) is 10.8. The zero-order valence-electron chi connectivity index (χ0n) is 18.8. The second kappa shape index (κ2) is 10.2. The van der Waals surface area contributed by atoms with E-state index in [1.165, 1.54) is 24.3 Å². The van der Waals surface area contributed by atoms with E-state index in [0.717, 1.165) is 28.0 Å². The number of fused-ring (bicyclic) bond motifs is 1. The molecule has 1 unspecified atom stereocenters. The predicted molar refractivity (Wildman–Crippen MR) is 126 cm³/mol. The molecule has 37 heavy (non-hydrogen) atoms. The molecule has 0 radical (unpaired) electrons. The summed E-state index contributed by atoms with van der Waals surface area (Å²) < 4.78 is 38.4. The van der Waals surface area contributed by atoms with Crippen molar-refractivity contribution in [3.05, 3.63) is 28.2 Å². The average molecular weight is 579 g/mol. The normalized spacial score (nSPS) is 20.8. The molecule has 13 nitrogen and oxygen atoms in total. The molecule has 2 amide bonds. The Labute approximate surface area is 218 Å². The summed E-state index contributed by atoms with van der Waals surface area (Å²) in [5, 5.41) is 21.4. The third-order valence-electron chi connectivity index (χ3n) is 5.16. The van der Waals surface area contributed by atoms with E-state index in [2.05, 4.69) is 25.5 Å². The van der Waals surface area contributed by atoms with Gasteiger partial charge in [-0.1, -0.05) is 16.9 Å². The number of hydrogen-bond donors (Lipinski definition) is 4. The molecule has 0 aromatic carbocycles. The van der Waals surface area contributed by atoms with E-state index in [1.807, 2.05) is 0 Å². The quantitative estimate of drug-likeness (QED) is 0.152. The summed E-state index contributed by atoms with van der Waals surface area (Å²) in [5.41, 5.74) is 5.53. The van der Waals surface area contributed by atoms with Crippen LogP contribution >= 0.6 is 34.9 Å². The molecule has 1 fully saturated rings. The number of halogens is 3. The van der Waals surface area contributed by atoms with E-state index in [4.69, 9.17) is 10.6 Å². The third kappa shape index (κ3) is 5.23.